The van der Waals surface area contributed by atoms with E-state index in [9.17, 15) is 4.39 Å². The predicted molar refractivity (Wildman–Crippen MR) is 63.7 cm³/mol. The van der Waals surface area contributed by atoms with E-state index in [0.717, 1.165) is 12.8 Å². The predicted octanol–water partition coefficient (Wildman–Crippen LogP) is 3.69. The van der Waals surface area contributed by atoms with Crippen molar-refractivity contribution in [2.75, 3.05) is 5.32 Å². The van der Waals surface area contributed by atoms with Gasteiger partial charge in [0.25, 0.3) is 0 Å². The average molecular weight is 220 g/mol. The molecule has 2 nitrogen and oxygen atoms in total. The fourth-order valence-electron chi connectivity index (χ4n) is 1.49. The Bertz CT molecular complexity index is 403. The summed E-state index contributed by atoms with van der Waals surface area (Å²) in [5.74, 6) is -0.470. The van der Waals surface area contributed by atoms with Gasteiger partial charge in [0.15, 0.2) is 0 Å². The third-order valence-electron chi connectivity index (χ3n) is 3.12. The molecule has 0 amide bonds. The Hall–Kier alpha value is -1.56. The number of anilines is 1. The SMILES string of the molecule is CCC(C)(CC)Nc1cccc(F)c1C#N. The lowest BCUT2D eigenvalue weighted by Gasteiger charge is -2.30. The topological polar surface area (TPSA) is 35.8 Å². The molecular weight excluding hydrogens is 203 g/mol. The van der Waals surface area contributed by atoms with E-state index in [1.165, 1.54) is 6.07 Å². The molecule has 16 heavy (non-hydrogen) atoms. The van der Waals surface area contributed by atoms with E-state index in [1.807, 2.05) is 6.07 Å². The van der Waals surface area contributed by atoms with Crippen LogP contribution in [0.15, 0.2) is 18.2 Å². The van der Waals surface area contributed by atoms with Gasteiger partial charge < -0.3 is 5.32 Å². The average Bonchev–Trinajstić information content (AvgIpc) is 2.29. The molecule has 1 N–H and O–H groups in total. The molecule has 0 fully saturated rings. The van der Waals surface area contributed by atoms with Gasteiger partial charge in [0.05, 0.1) is 5.69 Å². The Kier molecular flexibility index (Phi) is 3.89. The van der Waals surface area contributed by atoms with Gasteiger partial charge in [-0.3, -0.25) is 0 Å². The van der Waals surface area contributed by atoms with Crippen LogP contribution in [-0.4, -0.2) is 5.54 Å². The second-order valence-electron chi connectivity index (χ2n) is 4.17. The number of halogens is 1. The van der Waals surface area contributed by atoms with Crippen LogP contribution in [0.1, 0.15) is 39.2 Å². The molecule has 0 bridgehead atoms. The van der Waals surface area contributed by atoms with E-state index < -0.39 is 5.82 Å². The number of benzene rings is 1. The number of hydrogen-bond donors (Lipinski definition) is 1. The summed E-state index contributed by atoms with van der Waals surface area (Å²) >= 11 is 0. The highest BCUT2D eigenvalue weighted by Crippen LogP contribution is 2.25. The molecule has 1 aromatic rings. The second kappa shape index (κ2) is 4.98. The highest BCUT2D eigenvalue weighted by molar-refractivity contribution is 5.59. The molecule has 1 rings (SSSR count). The highest BCUT2D eigenvalue weighted by Gasteiger charge is 2.21. The smallest absolute Gasteiger partial charge is 0.143 e. The lowest BCUT2D eigenvalue weighted by Crippen LogP contribution is -2.33. The van der Waals surface area contributed by atoms with Crippen molar-refractivity contribution in [1.29, 1.82) is 5.26 Å². The number of nitriles is 1. The molecule has 3 heteroatoms. The standard InChI is InChI=1S/C13H17FN2/c1-4-13(3,5-2)16-12-8-6-7-11(14)10(12)9-15/h6-8,16H,4-5H2,1-3H3. The normalized spacial score (nSPS) is 10.9. The van der Waals surface area contributed by atoms with E-state index in [2.05, 4.69) is 26.1 Å². The van der Waals surface area contributed by atoms with Gasteiger partial charge in [0, 0.05) is 5.54 Å². The molecule has 1 aromatic carbocycles. The molecule has 0 aliphatic carbocycles. The number of hydrogen-bond acceptors (Lipinski definition) is 2. The summed E-state index contributed by atoms with van der Waals surface area (Å²) in [4.78, 5) is 0. The van der Waals surface area contributed by atoms with Crippen molar-refractivity contribution in [3.8, 4) is 6.07 Å². The molecule has 0 radical (unpaired) electrons. The van der Waals surface area contributed by atoms with E-state index in [1.54, 1.807) is 12.1 Å². The van der Waals surface area contributed by atoms with Gasteiger partial charge in [-0.2, -0.15) is 5.26 Å². The Morgan fingerprint density at radius 2 is 2.00 bits per heavy atom. The first kappa shape index (κ1) is 12.5. The van der Waals surface area contributed by atoms with Crippen LogP contribution in [-0.2, 0) is 0 Å². The van der Waals surface area contributed by atoms with Gasteiger partial charge in [-0.1, -0.05) is 19.9 Å². The second-order valence-corrected chi connectivity index (χ2v) is 4.17. The minimum absolute atomic E-state index is 0.0932. The minimum Gasteiger partial charge on any atom is -0.379 e. The van der Waals surface area contributed by atoms with Gasteiger partial charge in [-0.15, -0.1) is 0 Å². The minimum atomic E-state index is -0.470. The highest BCUT2D eigenvalue weighted by atomic mass is 19.1. The third-order valence-corrected chi connectivity index (χ3v) is 3.12. The zero-order valence-corrected chi connectivity index (χ0v) is 9.97. The summed E-state index contributed by atoms with van der Waals surface area (Å²) in [5.41, 5.74) is 0.573. The molecule has 86 valence electrons. The maximum atomic E-state index is 13.4. The Morgan fingerprint density at radius 1 is 1.38 bits per heavy atom. The first-order valence-corrected chi connectivity index (χ1v) is 5.53. The Morgan fingerprint density at radius 3 is 2.50 bits per heavy atom. The molecule has 0 unspecified atom stereocenters. The van der Waals surface area contributed by atoms with Crippen LogP contribution in [0.25, 0.3) is 0 Å². The summed E-state index contributed by atoms with van der Waals surface area (Å²) in [6.07, 6.45) is 1.84. The monoisotopic (exact) mass is 220 g/mol. The summed E-state index contributed by atoms with van der Waals surface area (Å²) in [5, 5.41) is 12.2. The van der Waals surface area contributed by atoms with Crippen LogP contribution < -0.4 is 5.32 Å². The zero-order chi connectivity index (χ0) is 12.2. The summed E-state index contributed by atoms with van der Waals surface area (Å²) in [6.45, 7) is 6.21. The maximum Gasteiger partial charge on any atom is 0.143 e. The van der Waals surface area contributed by atoms with Crippen molar-refractivity contribution < 1.29 is 4.39 Å². The van der Waals surface area contributed by atoms with Crippen molar-refractivity contribution >= 4 is 5.69 Å². The summed E-state index contributed by atoms with van der Waals surface area (Å²) in [7, 11) is 0. The third kappa shape index (κ3) is 2.52. The Labute approximate surface area is 96.1 Å². The van der Waals surface area contributed by atoms with Crippen molar-refractivity contribution in [2.24, 2.45) is 0 Å². The maximum absolute atomic E-state index is 13.4. The van der Waals surface area contributed by atoms with Crippen molar-refractivity contribution in [2.45, 2.75) is 39.2 Å². The lowest BCUT2D eigenvalue weighted by atomic mass is 9.94. The van der Waals surface area contributed by atoms with Gasteiger partial charge in [-0.05, 0) is 31.9 Å². The van der Waals surface area contributed by atoms with Gasteiger partial charge in [0.2, 0.25) is 0 Å². The number of nitrogens with one attached hydrogen (secondary N) is 1. The van der Waals surface area contributed by atoms with Crippen LogP contribution in [0.3, 0.4) is 0 Å². The largest absolute Gasteiger partial charge is 0.379 e. The van der Waals surface area contributed by atoms with Crippen molar-refractivity contribution in [1.82, 2.24) is 0 Å². The molecule has 0 heterocycles. The Balaban J connectivity index is 3.07. The van der Waals surface area contributed by atoms with Crippen LogP contribution in [0.2, 0.25) is 0 Å². The molecular formula is C13H17FN2. The molecule has 0 aliphatic heterocycles. The first-order chi connectivity index (χ1) is 7.56. The van der Waals surface area contributed by atoms with Gasteiger partial charge >= 0.3 is 0 Å². The summed E-state index contributed by atoms with van der Waals surface area (Å²) < 4.78 is 13.4. The first-order valence-electron chi connectivity index (χ1n) is 5.53. The number of rotatable bonds is 4. The van der Waals surface area contributed by atoms with Crippen LogP contribution in [0.5, 0.6) is 0 Å². The fraction of sp³-hybridized carbons (Fsp3) is 0.462. The van der Waals surface area contributed by atoms with E-state index in [4.69, 9.17) is 5.26 Å². The zero-order valence-electron chi connectivity index (χ0n) is 9.97. The summed E-state index contributed by atoms with van der Waals surface area (Å²) in [6, 6.07) is 6.56. The van der Waals surface area contributed by atoms with Crippen molar-refractivity contribution in [3.63, 3.8) is 0 Å². The van der Waals surface area contributed by atoms with Gasteiger partial charge in [0.1, 0.15) is 17.4 Å². The molecule has 0 atom stereocenters. The number of nitrogens with zero attached hydrogens (tertiary/aromatic N) is 1. The lowest BCUT2D eigenvalue weighted by molar-refractivity contribution is 0.478. The molecule has 0 aliphatic rings. The molecule has 0 saturated carbocycles. The molecule has 0 spiro atoms. The molecule has 0 aromatic heterocycles. The quantitative estimate of drug-likeness (QED) is 0.840. The fourth-order valence-corrected chi connectivity index (χ4v) is 1.49. The van der Waals surface area contributed by atoms with E-state index in [0.29, 0.717) is 5.69 Å². The van der Waals surface area contributed by atoms with Gasteiger partial charge in [-0.25, -0.2) is 4.39 Å². The van der Waals surface area contributed by atoms with E-state index in [-0.39, 0.29) is 11.1 Å². The van der Waals surface area contributed by atoms with E-state index >= 15 is 0 Å². The van der Waals surface area contributed by atoms with Crippen LogP contribution in [0.4, 0.5) is 10.1 Å². The van der Waals surface area contributed by atoms with Crippen molar-refractivity contribution in [3.05, 3.63) is 29.6 Å². The molecule has 0 saturated heterocycles. The van der Waals surface area contributed by atoms with Crippen LogP contribution in [0, 0.1) is 17.1 Å². The van der Waals surface area contributed by atoms with Crippen LogP contribution >= 0.6 is 0 Å².